The van der Waals surface area contributed by atoms with Crippen molar-refractivity contribution in [2.75, 3.05) is 18.0 Å². The number of nitrogens with one attached hydrogen (secondary N) is 1. The van der Waals surface area contributed by atoms with E-state index in [0.29, 0.717) is 24.8 Å². The van der Waals surface area contributed by atoms with Gasteiger partial charge in [0.25, 0.3) is 5.91 Å². The molecule has 0 spiro atoms. The smallest absolute Gasteiger partial charge is 0.270 e. The van der Waals surface area contributed by atoms with Crippen molar-refractivity contribution >= 4 is 17.5 Å². The van der Waals surface area contributed by atoms with Gasteiger partial charge in [-0.3, -0.25) is 14.6 Å². The highest BCUT2D eigenvalue weighted by Gasteiger charge is 2.32. The largest absolute Gasteiger partial charge is 0.358 e. The maximum absolute atomic E-state index is 13.0. The van der Waals surface area contributed by atoms with Gasteiger partial charge in [0.2, 0.25) is 5.91 Å². The molecule has 0 radical (unpaired) electrons. The number of aryl methyl sites for hydroxylation is 1. The Bertz CT molecular complexity index is 894. The van der Waals surface area contributed by atoms with Crippen molar-refractivity contribution in [3.63, 3.8) is 0 Å². The van der Waals surface area contributed by atoms with Gasteiger partial charge in [0.15, 0.2) is 0 Å². The molecule has 6 heteroatoms. The number of hydrogen-bond donors (Lipinski definition) is 1. The van der Waals surface area contributed by atoms with Crippen molar-refractivity contribution in [2.24, 2.45) is 0 Å². The zero-order valence-corrected chi connectivity index (χ0v) is 16.4. The highest BCUT2D eigenvalue weighted by atomic mass is 16.2. The van der Waals surface area contributed by atoms with Crippen LogP contribution in [0.4, 0.5) is 5.69 Å². The van der Waals surface area contributed by atoms with Crippen LogP contribution in [0.3, 0.4) is 0 Å². The second-order valence-corrected chi connectivity index (χ2v) is 7.77. The molecule has 1 N–H and O–H groups in total. The van der Waals surface area contributed by atoms with Crippen LogP contribution in [0.1, 0.15) is 41.4 Å². The molecule has 4 rings (SSSR count). The Morgan fingerprint density at radius 2 is 2.04 bits per heavy atom. The van der Waals surface area contributed by atoms with E-state index in [1.807, 2.05) is 24.0 Å². The summed E-state index contributed by atoms with van der Waals surface area (Å²) in [5, 5.41) is 2.96. The summed E-state index contributed by atoms with van der Waals surface area (Å²) in [4.78, 5) is 33.4. The Morgan fingerprint density at radius 3 is 2.79 bits per heavy atom. The first-order valence-corrected chi connectivity index (χ1v) is 9.89. The number of piperazine rings is 1. The zero-order chi connectivity index (χ0) is 19.7. The molecule has 2 amide bonds. The van der Waals surface area contributed by atoms with Gasteiger partial charge >= 0.3 is 0 Å². The lowest BCUT2D eigenvalue weighted by atomic mass is 10.1. The van der Waals surface area contributed by atoms with Crippen LogP contribution in [-0.4, -0.2) is 46.9 Å². The van der Waals surface area contributed by atoms with Gasteiger partial charge in [-0.15, -0.1) is 0 Å². The minimum absolute atomic E-state index is 0.105. The van der Waals surface area contributed by atoms with E-state index in [9.17, 15) is 9.59 Å². The van der Waals surface area contributed by atoms with E-state index in [1.54, 1.807) is 12.3 Å². The topological polar surface area (TPSA) is 65.5 Å². The third kappa shape index (κ3) is 4.01. The van der Waals surface area contributed by atoms with Crippen molar-refractivity contribution in [1.29, 1.82) is 0 Å². The number of amides is 2. The lowest BCUT2D eigenvalue weighted by Gasteiger charge is -2.40. The third-order valence-electron chi connectivity index (χ3n) is 5.42. The van der Waals surface area contributed by atoms with Crippen LogP contribution in [0.15, 0.2) is 42.6 Å². The number of carbonyl (C=O) groups is 2. The molecular weight excluding hydrogens is 352 g/mol. The molecule has 0 bridgehead atoms. The second kappa shape index (κ2) is 7.62. The number of hydrogen-bond acceptors (Lipinski definition) is 4. The van der Waals surface area contributed by atoms with Crippen LogP contribution in [0.5, 0.6) is 0 Å². The fraction of sp³-hybridized carbons (Fsp3) is 0.409. The molecule has 1 atom stereocenters. The number of pyridine rings is 1. The molecule has 1 aliphatic carbocycles. The summed E-state index contributed by atoms with van der Waals surface area (Å²) in [5.41, 5.74) is 3.63. The summed E-state index contributed by atoms with van der Waals surface area (Å²) >= 11 is 0. The average molecular weight is 378 g/mol. The molecule has 1 saturated heterocycles. The zero-order valence-electron chi connectivity index (χ0n) is 16.4. The van der Waals surface area contributed by atoms with Gasteiger partial charge in [-0.2, -0.15) is 0 Å². The van der Waals surface area contributed by atoms with Crippen molar-refractivity contribution in [3.8, 4) is 0 Å². The number of aromatic nitrogens is 1. The molecule has 1 unspecified atom stereocenters. The molecule has 2 fully saturated rings. The van der Waals surface area contributed by atoms with E-state index in [4.69, 9.17) is 0 Å². The van der Waals surface area contributed by atoms with Crippen LogP contribution < -0.4 is 10.2 Å². The first kappa shape index (κ1) is 18.5. The van der Waals surface area contributed by atoms with Gasteiger partial charge in [0.1, 0.15) is 11.7 Å². The number of anilines is 1. The molecule has 1 aromatic heterocycles. The fourth-order valence-electron chi connectivity index (χ4n) is 3.68. The predicted octanol–water partition coefficient (Wildman–Crippen LogP) is 2.52. The molecular formula is C22H26N4O2. The van der Waals surface area contributed by atoms with E-state index >= 15 is 0 Å². The van der Waals surface area contributed by atoms with Crippen molar-refractivity contribution in [3.05, 3.63) is 59.4 Å². The van der Waals surface area contributed by atoms with Gasteiger partial charge < -0.3 is 15.1 Å². The average Bonchev–Trinajstić information content (AvgIpc) is 3.50. The summed E-state index contributed by atoms with van der Waals surface area (Å²) < 4.78 is 0. The van der Waals surface area contributed by atoms with Gasteiger partial charge in [-0.25, -0.2) is 0 Å². The maximum atomic E-state index is 13.0. The van der Waals surface area contributed by atoms with E-state index < -0.39 is 0 Å². The Labute approximate surface area is 165 Å². The Hall–Kier alpha value is -2.89. The summed E-state index contributed by atoms with van der Waals surface area (Å²) in [6, 6.07) is 11.9. The second-order valence-electron chi connectivity index (χ2n) is 7.77. The number of rotatable bonds is 5. The van der Waals surface area contributed by atoms with Crippen LogP contribution in [-0.2, 0) is 11.3 Å². The van der Waals surface area contributed by atoms with Crippen LogP contribution in [0, 0.1) is 6.92 Å². The van der Waals surface area contributed by atoms with Crippen molar-refractivity contribution < 1.29 is 9.59 Å². The van der Waals surface area contributed by atoms with Gasteiger partial charge in [0, 0.05) is 37.6 Å². The highest BCUT2D eigenvalue weighted by molar-refractivity contribution is 5.94. The predicted molar refractivity (Wildman–Crippen MR) is 108 cm³/mol. The standard InChI is InChI=1S/C22H26N4O2/c1-15-4-3-5-17(12-15)14-25-10-11-26(16(2)22(25)28)19-8-9-23-20(13-19)21(27)24-18-6-7-18/h3-5,8-9,12-13,16,18H,6-7,10-11,14H2,1-2H3,(H,24,27). The van der Waals surface area contributed by atoms with Crippen LogP contribution in [0.25, 0.3) is 0 Å². The summed E-state index contributed by atoms with van der Waals surface area (Å²) in [6.07, 6.45) is 3.73. The fourth-order valence-corrected chi connectivity index (χ4v) is 3.68. The third-order valence-corrected chi connectivity index (χ3v) is 5.42. The SMILES string of the molecule is Cc1cccc(CN2CCN(c3ccnc(C(=O)NC4CC4)c3)C(C)C2=O)c1. The van der Waals surface area contributed by atoms with Crippen LogP contribution in [0.2, 0.25) is 0 Å². The summed E-state index contributed by atoms with van der Waals surface area (Å²) in [6.45, 7) is 6.00. The molecule has 2 aromatic rings. The molecule has 146 valence electrons. The molecule has 1 aliphatic heterocycles. The molecule has 1 aromatic carbocycles. The van der Waals surface area contributed by atoms with Gasteiger partial charge in [-0.1, -0.05) is 29.8 Å². The molecule has 2 aliphatic rings. The molecule has 1 saturated carbocycles. The van der Waals surface area contributed by atoms with Crippen LogP contribution >= 0.6 is 0 Å². The Kier molecular flexibility index (Phi) is 5.03. The highest BCUT2D eigenvalue weighted by Crippen LogP contribution is 2.24. The van der Waals surface area contributed by atoms with E-state index in [1.165, 1.54) is 5.56 Å². The lowest BCUT2D eigenvalue weighted by Crippen LogP contribution is -2.55. The van der Waals surface area contributed by atoms with Crippen molar-refractivity contribution in [1.82, 2.24) is 15.2 Å². The van der Waals surface area contributed by atoms with Gasteiger partial charge in [0.05, 0.1) is 0 Å². The van der Waals surface area contributed by atoms with E-state index in [2.05, 4.69) is 40.3 Å². The molecule has 2 heterocycles. The number of nitrogens with zero attached hydrogens (tertiary/aromatic N) is 3. The summed E-state index contributed by atoms with van der Waals surface area (Å²) in [5.74, 6) is -0.0324. The van der Waals surface area contributed by atoms with E-state index in [-0.39, 0.29) is 17.9 Å². The normalized spacial score (nSPS) is 19.6. The first-order chi connectivity index (χ1) is 13.5. The quantitative estimate of drug-likeness (QED) is 0.868. The first-order valence-electron chi connectivity index (χ1n) is 9.89. The number of benzene rings is 1. The Morgan fingerprint density at radius 1 is 1.21 bits per heavy atom. The van der Waals surface area contributed by atoms with Gasteiger partial charge in [-0.05, 0) is 44.4 Å². The monoisotopic (exact) mass is 378 g/mol. The molecule has 6 nitrogen and oxygen atoms in total. The number of carbonyl (C=O) groups excluding carboxylic acids is 2. The maximum Gasteiger partial charge on any atom is 0.270 e. The Balaban J connectivity index is 1.45. The van der Waals surface area contributed by atoms with Crippen molar-refractivity contribution in [2.45, 2.75) is 45.3 Å². The van der Waals surface area contributed by atoms with E-state index in [0.717, 1.165) is 30.6 Å². The lowest BCUT2D eigenvalue weighted by molar-refractivity contribution is -0.134. The minimum Gasteiger partial charge on any atom is -0.358 e. The minimum atomic E-state index is -0.277. The molecule has 28 heavy (non-hydrogen) atoms. The summed E-state index contributed by atoms with van der Waals surface area (Å²) in [7, 11) is 0.